The van der Waals surface area contributed by atoms with Crippen molar-refractivity contribution in [1.29, 1.82) is 0 Å². The number of hydrogen-bond acceptors (Lipinski definition) is 4. The number of nitro benzene ring substituents is 1. The van der Waals surface area contributed by atoms with Crippen LogP contribution in [0.5, 0.6) is 0 Å². The molecule has 1 heterocycles. The molecule has 1 amide bonds. The minimum atomic E-state index is -0.497. The number of piperazine rings is 1. The van der Waals surface area contributed by atoms with Gasteiger partial charge in [0, 0.05) is 38.3 Å². The highest BCUT2D eigenvalue weighted by Gasteiger charge is 2.44. The minimum Gasteiger partial charge on any atom is -0.339 e. The summed E-state index contributed by atoms with van der Waals surface area (Å²) in [6, 6.07) is 6.64. The summed E-state index contributed by atoms with van der Waals surface area (Å²) in [5, 5.41) is 10.9. The number of non-ortho nitro benzene ring substituents is 1. The van der Waals surface area contributed by atoms with Crippen LogP contribution >= 0.6 is 0 Å². The average molecular weight is 331 g/mol. The topological polar surface area (TPSA) is 66.7 Å². The van der Waals surface area contributed by atoms with Crippen LogP contribution in [-0.4, -0.2) is 53.9 Å². The number of hydrogen-bond donors (Lipinski definition) is 0. The maximum absolute atomic E-state index is 13.4. The second-order valence-corrected chi connectivity index (χ2v) is 7.04. The van der Waals surface area contributed by atoms with Crippen molar-refractivity contribution in [3.8, 4) is 0 Å². The van der Waals surface area contributed by atoms with Crippen molar-refractivity contribution in [3.05, 3.63) is 39.9 Å². The van der Waals surface area contributed by atoms with E-state index in [1.165, 1.54) is 12.1 Å². The molecule has 0 bridgehead atoms. The van der Waals surface area contributed by atoms with Crippen LogP contribution in [0.3, 0.4) is 0 Å². The first-order chi connectivity index (χ1) is 11.5. The summed E-state index contributed by atoms with van der Waals surface area (Å²) in [7, 11) is 2.08. The third-order valence-corrected chi connectivity index (χ3v) is 5.54. The van der Waals surface area contributed by atoms with Gasteiger partial charge in [0.05, 0.1) is 10.3 Å². The van der Waals surface area contributed by atoms with E-state index in [1.54, 1.807) is 12.1 Å². The molecule has 1 saturated heterocycles. The van der Waals surface area contributed by atoms with Gasteiger partial charge in [0.1, 0.15) is 0 Å². The van der Waals surface area contributed by atoms with Gasteiger partial charge in [0.2, 0.25) is 5.91 Å². The van der Waals surface area contributed by atoms with Crippen LogP contribution in [0, 0.1) is 10.1 Å². The summed E-state index contributed by atoms with van der Waals surface area (Å²) in [6.45, 7) is 3.35. The molecule has 6 nitrogen and oxygen atoms in total. The fourth-order valence-corrected chi connectivity index (χ4v) is 4.00. The maximum Gasteiger partial charge on any atom is 0.269 e. The predicted molar refractivity (Wildman–Crippen MR) is 91.9 cm³/mol. The van der Waals surface area contributed by atoms with Gasteiger partial charge in [-0.25, -0.2) is 0 Å². The minimum absolute atomic E-state index is 0.0803. The van der Waals surface area contributed by atoms with E-state index >= 15 is 0 Å². The smallest absolute Gasteiger partial charge is 0.269 e. The van der Waals surface area contributed by atoms with Crippen molar-refractivity contribution in [2.75, 3.05) is 33.2 Å². The van der Waals surface area contributed by atoms with E-state index in [-0.39, 0.29) is 16.5 Å². The summed E-state index contributed by atoms with van der Waals surface area (Å²) >= 11 is 0. The lowest BCUT2D eigenvalue weighted by Gasteiger charge is -2.42. The van der Waals surface area contributed by atoms with Crippen LogP contribution in [0.2, 0.25) is 0 Å². The van der Waals surface area contributed by atoms with Crippen LogP contribution in [0.4, 0.5) is 5.69 Å². The molecule has 130 valence electrons. The van der Waals surface area contributed by atoms with Crippen LogP contribution in [0.15, 0.2) is 24.3 Å². The molecule has 2 fully saturated rings. The number of rotatable bonds is 3. The molecule has 0 unspecified atom stereocenters. The van der Waals surface area contributed by atoms with Gasteiger partial charge in [-0.05, 0) is 25.5 Å². The first-order valence-corrected chi connectivity index (χ1v) is 8.76. The fourth-order valence-electron chi connectivity index (χ4n) is 4.00. The van der Waals surface area contributed by atoms with E-state index in [0.29, 0.717) is 0 Å². The molecule has 6 heteroatoms. The highest BCUT2D eigenvalue weighted by atomic mass is 16.6. The largest absolute Gasteiger partial charge is 0.339 e. The predicted octanol–water partition coefficient (Wildman–Crippen LogP) is 2.57. The number of carbonyl (C=O) groups is 1. The summed E-state index contributed by atoms with van der Waals surface area (Å²) in [4.78, 5) is 28.1. The zero-order chi connectivity index (χ0) is 17.2. The summed E-state index contributed by atoms with van der Waals surface area (Å²) in [6.07, 6.45) is 4.92. The van der Waals surface area contributed by atoms with E-state index in [0.717, 1.165) is 63.8 Å². The Hall–Kier alpha value is -1.95. The Labute approximate surface area is 142 Å². The molecule has 1 aliphatic carbocycles. The van der Waals surface area contributed by atoms with Crippen LogP contribution < -0.4 is 0 Å². The molecule has 1 aromatic carbocycles. The monoisotopic (exact) mass is 331 g/mol. The van der Waals surface area contributed by atoms with Gasteiger partial charge in [0.25, 0.3) is 5.69 Å². The average Bonchev–Trinajstić information content (AvgIpc) is 2.62. The molecule has 0 atom stereocenters. The SMILES string of the molecule is CN1CCN(C(=O)C2(c3ccc([N+](=O)[O-])cc3)CCCCC2)CC1. The summed E-state index contributed by atoms with van der Waals surface area (Å²) < 4.78 is 0. The van der Waals surface area contributed by atoms with Crippen molar-refractivity contribution in [2.45, 2.75) is 37.5 Å². The van der Waals surface area contributed by atoms with Gasteiger partial charge < -0.3 is 9.80 Å². The molecule has 3 rings (SSSR count). The van der Waals surface area contributed by atoms with Crippen molar-refractivity contribution in [1.82, 2.24) is 9.80 Å². The molecule has 0 spiro atoms. The van der Waals surface area contributed by atoms with Gasteiger partial charge in [-0.1, -0.05) is 31.4 Å². The van der Waals surface area contributed by atoms with Gasteiger partial charge in [-0.3, -0.25) is 14.9 Å². The van der Waals surface area contributed by atoms with Crippen molar-refractivity contribution in [3.63, 3.8) is 0 Å². The Morgan fingerprint density at radius 1 is 1.04 bits per heavy atom. The Morgan fingerprint density at radius 3 is 2.17 bits per heavy atom. The first-order valence-electron chi connectivity index (χ1n) is 8.76. The number of carbonyl (C=O) groups excluding carboxylic acids is 1. The Bertz CT molecular complexity index is 600. The highest BCUT2D eigenvalue weighted by molar-refractivity contribution is 5.88. The molecule has 1 saturated carbocycles. The lowest BCUT2D eigenvalue weighted by Crippen LogP contribution is -2.54. The summed E-state index contributed by atoms with van der Waals surface area (Å²) in [5.41, 5.74) is 0.525. The van der Waals surface area contributed by atoms with E-state index in [1.807, 2.05) is 4.90 Å². The van der Waals surface area contributed by atoms with Crippen LogP contribution in [0.25, 0.3) is 0 Å². The summed E-state index contributed by atoms with van der Waals surface area (Å²) in [5.74, 6) is 0.212. The molecule has 1 aromatic rings. The standard InChI is InChI=1S/C18H25N3O3/c1-19-11-13-20(14-12-19)17(22)18(9-3-2-4-10-18)15-5-7-16(8-6-15)21(23)24/h5-8H,2-4,9-14H2,1H3. The molecule has 0 aromatic heterocycles. The third kappa shape index (κ3) is 3.15. The van der Waals surface area contributed by atoms with Crippen molar-refractivity contribution >= 4 is 11.6 Å². The normalized spacial score (nSPS) is 21.5. The molecule has 0 N–H and O–H groups in total. The van der Waals surface area contributed by atoms with Crippen LogP contribution in [-0.2, 0) is 10.2 Å². The van der Waals surface area contributed by atoms with Gasteiger partial charge in [-0.2, -0.15) is 0 Å². The second kappa shape index (κ2) is 6.89. The highest BCUT2D eigenvalue weighted by Crippen LogP contribution is 2.41. The van der Waals surface area contributed by atoms with Crippen LogP contribution in [0.1, 0.15) is 37.7 Å². The quantitative estimate of drug-likeness (QED) is 0.631. The Morgan fingerprint density at radius 2 is 1.62 bits per heavy atom. The van der Waals surface area contributed by atoms with Crippen molar-refractivity contribution < 1.29 is 9.72 Å². The van der Waals surface area contributed by atoms with E-state index in [2.05, 4.69) is 11.9 Å². The zero-order valence-electron chi connectivity index (χ0n) is 14.2. The maximum atomic E-state index is 13.4. The number of benzene rings is 1. The van der Waals surface area contributed by atoms with Gasteiger partial charge in [-0.15, -0.1) is 0 Å². The molecule has 2 aliphatic rings. The molecular formula is C18H25N3O3. The molecular weight excluding hydrogens is 306 g/mol. The molecule has 1 aliphatic heterocycles. The number of nitrogens with zero attached hydrogens (tertiary/aromatic N) is 3. The van der Waals surface area contributed by atoms with Gasteiger partial charge >= 0.3 is 0 Å². The Balaban J connectivity index is 1.89. The number of amides is 1. The second-order valence-electron chi connectivity index (χ2n) is 7.04. The van der Waals surface area contributed by atoms with Crippen molar-refractivity contribution in [2.24, 2.45) is 0 Å². The van der Waals surface area contributed by atoms with E-state index in [9.17, 15) is 14.9 Å². The first kappa shape index (κ1) is 16.9. The van der Waals surface area contributed by atoms with Gasteiger partial charge in [0.15, 0.2) is 0 Å². The Kier molecular flexibility index (Phi) is 4.85. The number of likely N-dealkylation sites (N-methyl/N-ethyl adjacent to an activating group) is 1. The molecule has 0 radical (unpaired) electrons. The zero-order valence-corrected chi connectivity index (χ0v) is 14.2. The lowest BCUT2D eigenvalue weighted by molar-refractivity contribution is -0.384. The molecule has 24 heavy (non-hydrogen) atoms. The third-order valence-electron chi connectivity index (χ3n) is 5.54. The lowest BCUT2D eigenvalue weighted by atomic mass is 9.68. The van der Waals surface area contributed by atoms with E-state index < -0.39 is 5.41 Å². The van der Waals surface area contributed by atoms with E-state index in [4.69, 9.17) is 0 Å². The fraction of sp³-hybridized carbons (Fsp3) is 0.611. The number of nitro groups is 1.